The monoisotopic (exact) mass is 555 g/mol. The van der Waals surface area contributed by atoms with E-state index in [0.717, 1.165) is 9.87 Å². The lowest BCUT2D eigenvalue weighted by Crippen LogP contribution is -2.31. The molecule has 1 heterocycles. The predicted octanol–water partition coefficient (Wildman–Crippen LogP) is 4.58. The van der Waals surface area contributed by atoms with E-state index in [1.807, 2.05) is 13.0 Å². The molecule has 0 unspecified atom stereocenters. The predicted molar refractivity (Wildman–Crippen MR) is 144 cm³/mol. The number of hydrogen-bond donors (Lipinski definition) is 2. The largest absolute Gasteiger partial charge is 0.497 e. The number of carbonyl (C=O) groups is 1. The van der Waals surface area contributed by atoms with Gasteiger partial charge in [0.2, 0.25) is 0 Å². The molecule has 4 rings (SSSR count). The average molecular weight is 556 g/mol. The first-order chi connectivity index (χ1) is 18.7. The molecule has 206 valence electrons. The molecule has 0 aliphatic rings. The molecule has 0 fully saturated rings. The number of rotatable bonds is 11. The smallest absolute Gasteiger partial charge is 0.404 e. The van der Waals surface area contributed by atoms with Gasteiger partial charge in [0.25, 0.3) is 10.0 Å². The SMILES string of the molecule is CCc1ccc(OC)c(S(=O)(=O)N(Cc2ccc(OC)cc2OC)c2noc3ccc(CNC(=O)O)cc23)c1. The van der Waals surface area contributed by atoms with Crippen LogP contribution in [0.4, 0.5) is 10.6 Å². The minimum absolute atomic E-state index is 0.0152. The second kappa shape index (κ2) is 11.5. The van der Waals surface area contributed by atoms with Crippen LogP contribution in [0, 0.1) is 0 Å². The van der Waals surface area contributed by atoms with Crippen LogP contribution < -0.4 is 23.8 Å². The van der Waals surface area contributed by atoms with Gasteiger partial charge in [-0.25, -0.2) is 17.5 Å². The Morgan fingerprint density at radius 1 is 0.974 bits per heavy atom. The minimum Gasteiger partial charge on any atom is -0.497 e. The van der Waals surface area contributed by atoms with Gasteiger partial charge >= 0.3 is 6.09 Å². The van der Waals surface area contributed by atoms with E-state index in [4.69, 9.17) is 23.8 Å². The van der Waals surface area contributed by atoms with Crippen LogP contribution in [0.25, 0.3) is 11.0 Å². The van der Waals surface area contributed by atoms with E-state index < -0.39 is 16.1 Å². The van der Waals surface area contributed by atoms with Gasteiger partial charge in [0.05, 0.1) is 33.3 Å². The molecule has 0 atom stereocenters. The number of nitrogens with zero attached hydrogens (tertiary/aromatic N) is 2. The number of benzene rings is 3. The summed E-state index contributed by atoms with van der Waals surface area (Å²) < 4.78 is 51.6. The summed E-state index contributed by atoms with van der Waals surface area (Å²) in [7, 11) is 0.136. The molecule has 0 radical (unpaired) electrons. The first kappa shape index (κ1) is 27.6. The van der Waals surface area contributed by atoms with E-state index in [-0.39, 0.29) is 29.6 Å². The van der Waals surface area contributed by atoms with Gasteiger partial charge in [-0.05, 0) is 53.9 Å². The van der Waals surface area contributed by atoms with Gasteiger partial charge in [0, 0.05) is 18.2 Å². The molecule has 0 spiro atoms. The molecular weight excluding hydrogens is 526 g/mol. The van der Waals surface area contributed by atoms with Crippen molar-refractivity contribution in [2.45, 2.75) is 31.3 Å². The number of anilines is 1. The van der Waals surface area contributed by atoms with Crippen molar-refractivity contribution in [1.29, 1.82) is 0 Å². The Bertz CT molecular complexity index is 1600. The first-order valence-electron chi connectivity index (χ1n) is 12.0. The average Bonchev–Trinajstić information content (AvgIpc) is 3.36. The van der Waals surface area contributed by atoms with Crippen molar-refractivity contribution >= 4 is 32.9 Å². The lowest BCUT2D eigenvalue weighted by molar-refractivity contribution is 0.194. The maximum Gasteiger partial charge on any atom is 0.404 e. The van der Waals surface area contributed by atoms with Crippen molar-refractivity contribution in [1.82, 2.24) is 10.5 Å². The number of amides is 1. The Morgan fingerprint density at radius 3 is 2.38 bits per heavy atom. The van der Waals surface area contributed by atoms with Crippen molar-refractivity contribution < 1.29 is 37.1 Å². The van der Waals surface area contributed by atoms with Crippen LogP contribution in [0.2, 0.25) is 0 Å². The number of carboxylic acid groups (broad SMARTS) is 1. The van der Waals surface area contributed by atoms with Gasteiger partial charge in [-0.3, -0.25) is 0 Å². The van der Waals surface area contributed by atoms with Crippen LogP contribution in [0.5, 0.6) is 17.2 Å². The summed E-state index contributed by atoms with van der Waals surface area (Å²) in [6.45, 7) is 1.78. The zero-order valence-corrected chi connectivity index (χ0v) is 22.7. The molecule has 0 bridgehead atoms. The summed E-state index contributed by atoms with van der Waals surface area (Å²) >= 11 is 0. The van der Waals surface area contributed by atoms with E-state index in [1.165, 1.54) is 21.3 Å². The van der Waals surface area contributed by atoms with E-state index in [0.29, 0.717) is 40.0 Å². The number of ether oxygens (including phenoxy) is 3. The molecular formula is C27H29N3O8S. The number of nitrogens with one attached hydrogen (secondary N) is 1. The summed E-state index contributed by atoms with van der Waals surface area (Å²) in [6, 6.07) is 15.0. The van der Waals surface area contributed by atoms with Gasteiger partial charge in [0.1, 0.15) is 22.1 Å². The third kappa shape index (κ3) is 5.70. The van der Waals surface area contributed by atoms with Crippen LogP contribution in [0.3, 0.4) is 0 Å². The zero-order valence-electron chi connectivity index (χ0n) is 21.9. The normalized spacial score (nSPS) is 11.3. The lowest BCUT2D eigenvalue weighted by atomic mass is 10.1. The summed E-state index contributed by atoms with van der Waals surface area (Å²) in [4.78, 5) is 11.0. The third-order valence-electron chi connectivity index (χ3n) is 6.21. The van der Waals surface area contributed by atoms with Gasteiger partial charge in [0.15, 0.2) is 11.4 Å². The second-order valence-corrected chi connectivity index (χ2v) is 10.4. The van der Waals surface area contributed by atoms with Crippen molar-refractivity contribution in [3.63, 3.8) is 0 Å². The Kier molecular flexibility index (Phi) is 8.15. The standard InChI is InChI=1S/C27H29N3O8S/c1-5-17-6-11-23(36-3)25(13-17)39(33,34)30(16-19-8-9-20(35-2)14-24(19)37-4)26-21-12-18(15-28-27(31)32)7-10-22(21)38-29-26/h6-14,28H,5,15-16H2,1-4H3,(H,31,32). The fourth-order valence-corrected chi connectivity index (χ4v) is 5.72. The van der Waals surface area contributed by atoms with Crippen LogP contribution >= 0.6 is 0 Å². The Hall–Kier alpha value is -4.45. The fraction of sp³-hybridized carbons (Fsp3) is 0.259. The molecule has 0 saturated carbocycles. The highest BCUT2D eigenvalue weighted by Crippen LogP contribution is 2.37. The molecule has 12 heteroatoms. The van der Waals surface area contributed by atoms with E-state index >= 15 is 0 Å². The van der Waals surface area contributed by atoms with Crippen molar-refractivity contribution in [2.75, 3.05) is 25.6 Å². The van der Waals surface area contributed by atoms with E-state index in [2.05, 4.69) is 10.5 Å². The van der Waals surface area contributed by atoms with E-state index in [1.54, 1.807) is 48.5 Å². The van der Waals surface area contributed by atoms with Gasteiger partial charge in [-0.2, -0.15) is 0 Å². The Labute approximate surface area is 225 Å². The highest BCUT2D eigenvalue weighted by Gasteiger charge is 2.33. The maximum absolute atomic E-state index is 14.4. The topological polar surface area (TPSA) is 140 Å². The fourth-order valence-electron chi connectivity index (χ4n) is 4.11. The van der Waals surface area contributed by atoms with Gasteiger partial charge < -0.3 is 29.2 Å². The van der Waals surface area contributed by atoms with Crippen LogP contribution in [-0.4, -0.2) is 46.1 Å². The summed E-state index contributed by atoms with van der Waals surface area (Å²) in [5.41, 5.74) is 2.29. The molecule has 0 saturated heterocycles. The molecule has 39 heavy (non-hydrogen) atoms. The highest BCUT2D eigenvalue weighted by molar-refractivity contribution is 7.93. The zero-order chi connectivity index (χ0) is 28.2. The number of aromatic nitrogens is 1. The Morgan fingerprint density at radius 2 is 1.72 bits per heavy atom. The van der Waals surface area contributed by atoms with Gasteiger partial charge in [-0.1, -0.05) is 24.2 Å². The number of aryl methyl sites for hydroxylation is 1. The highest BCUT2D eigenvalue weighted by atomic mass is 32.2. The van der Waals surface area contributed by atoms with Crippen LogP contribution in [0.15, 0.2) is 64.0 Å². The number of fused-ring (bicyclic) bond motifs is 1. The van der Waals surface area contributed by atoms with Crippen molar-refractivity contribution in [3.05, 3.63) is 71.3 Å². The molecule has 0 aliphatic carbocycles. The molecule has 3 aromatic carbocycles. The maximum atomic E-state index is 14.4. The van der Waals surface area contributed by atoms with E-state index in [9.17, 15) is 13.2 Å². The van der Waals surface area contributed by atoms with Crippen LogP contribution in [0.1, 0.15) is 23.6 Å². The van der Waals surface area contributed by atoms with Crippen molar-refractivity contribution in [2.24, 2.45) is 0 Å². The molecule has 11 nitrogen and oxygen atoms in total. The molecule has 2 N–H and O–H groups in total. The molecule has 4 aromatic rings. The number of methoxy groups -OCH3 is 3. The summed E-state index contributed by atoms with van der Waals surface area (Å²) in [5.74, 6) is 1.18. The summed E-state index contributed by atoms with van der Waals surface area (Å²) in [5, 5.41) is 15.8. The number of hydrogen-bond acceptors (Lipinski definition) is 8. The Balaban J connectivity index is 1.92. The second-order valence-electron chi connectivity index (χ2n) is 8.52. The molecule has 0 aliphatic heterocycles. The lowest BCUT2D eigenvalue weighted by Gasteiger charge is -2.24. The molecule has 1 amide bonds. The van der Waals surface area contributed by atoms with Gasteiger partial charge in [-0.15, -0.1) is 0 Å². The first-order valence-corrected chi connectivity index (χ1v) is 13.4. The third-order valence-corrected chi connectivity index (χ3v) is 7.96. The van der Waals surface area contributed by atoms with Crippen molar-refractivity contribution in [3.8, 4) is 17.2 Å². The number of sulfonamides is 1. The molecule has 1 aromatic heterocycles. The van der Waals surface area contributed by atoms with Crippen LogP contribution in [-0.2, 0) is 29.5 Å². The minimum atomic E-state index is -4.28. The summed E-state index contributed by atoms with van der Waals surface area (Å²) in [6.07, 6.45) is -0.564. The quantitative estimate of drug-likeness (QED) is 0.272.